The van der Waals surface area contributed by atoms with E-state index >= 15 is 0 Å². The largest absolute Gasteiger partial charge is 0.351 e. The number of hydrogen-bond donors (Lipinski definition) is 1. The molecule has 0 atom stereocenters. The molecule has 3 aromatic rings. The summed E-state index contributed by atoms with van der Waals surface area (Å²) in [6.45, 7) is 8.29. The molecule has 0 aliphatic carbocycles. The van der Waals surface area contributed by atoms with Crippen LogP contribution in [0.5, 0.6) is 0 Å². The molecule has 0 fully saturated rings. The third-order valence-corrected chi connectivity index (χ3v) is 6.21. The molecule has 144 valence electrons. The van der Waals surface area contributed by atoms with Gasteiger partial charge in [0.1, 0.15) is 5.15 Å². The Morgan fingerprint density at radius 3 is 2.74 bits per heavy atom. The second-order valence-corrected chi connectivity index (χ2v) is 8.08. The first kappa shape index (κ1) is 20.1. The predicted octanol–water partition coefficient (Wildman–Crippen LogP) is 5.34. The molecule has 2 heterocycles. The molecule has 0 aliphatic rings. The number of hydrogen-bond acceptors (Lipinski definition) is 4. The third kappa shape index (κ3) is 4.78. The van der Waals surface area contributed by atoms with E-state index in [1.54, 1.807) is 0 Å². The Labute approximate surface area is 169 Å². The van der Waals surface area contributed by atoms with Gasteiger partial charge < -0.3 is 10.2 Å². The highest BCUT2D eigenvalue weighted by Crippen LogP contribution is 2.35. The van der Waals surface area contributed by atoms with Gasteiger partial charge in [0.15, 0.2) is 0 Å². The molecule has 0 saturated heterocycles. The number of halogens is 1. The quantitative estimate of drug-likeness (QED) is 0.387. The lowest BCUT2D eigenvalue weighted by Gasteiger charge is -2.19. The van der Waals surface area contributed by atoms with Gasteiger partial charge in [-0.2, -0.15) is 0 Å². The highest BCUT2D eigenvalue weighted by Gasteiger charge is 2.15. The Hall–Kier alpha value is -1.69. The number of pyridine rings is 1. The van der Waals surface area contributed by atoms with E-state index in [0.717, 1.165) is 47.0 Å². The standard InChI is InChI=1S/C21H26ClN3OS/c1-3-5-12-25(4-2)13-8-11-23-21(26)18-14-16-19(27-18)15-9-6-7-10-17(15)24-20(16)22/h6-7,9-10,14H,3-5,8,11-13H2,1-2H3,(H,23,26). The molecule has 0 unspecified atom stereocenters. The van der Waals surface area contributed by atoms with Gasteiger partial charge in [0.05, 0.1) is 10.4 Å². The van der Waals surface area contributed by atoms with Gasteiger partial charge in [0.2, 0.25) is 0 Å². The van der Waals surface area contributed by atoms with Gasteiger partial charge in [-0.15, -0.1) is 11.3 Å². The van der Waals surface area contributed by atoms with Crippen molar-refractivity contribution in [3.05, 3.63) is 40.4 Å². The van der Waals surface area contributed by atoms with Crippen molar-refractivity contribution in [3.8, 4) is 0 Å². The van der Waals surface area contributed by atoms with Gasteiger partial charge in [-0.25, -0.2) is 4.98 Å². The number of benzene rings is 1. The van der Waals surface area contributed by atoms with E-state index in [1.165, 1.54) is 24.2 Å². The van der Waals surface area contributed by atoms with Crippen LogP contribution < -0.4 is 5.32 Å². The topological polar surface area (TPSA) is 45.2 Å². The number of amides is 1. The summed E-state index contributed by atoms with van der Waals surface area (Å²) in [5.74, 6) is -0.0343. The van der Waals surface area contributed by atoms with Crippen LogP contribution in [-0.2, 0) is 0 Å². The fraction of sp³-hybridized carbons (Fsp3) is 0.429. The highest BCUT2D eigenvalue weighted by atomic mass is 35.5. The lowest BCUT2D eigenvalue weighted by atomic mass is 10.2. The molecule has 27 heavy (non-hydrogen) atoms. The molecule has 0 radical (unpaired) electrons. The second-order valence-electron chi connectivity index (χ2n) is 6.67. The molecule has 2 aromatic heterocycles. The molecule has 0 saturated carbocycles. The Morgan fingerprint density at radius 2 is 1.96 bits per heavy atom. The average molecular weight is 404 g/mol. The molecule has 1 amide bonds. The second kappa shape index (κ2) is 9.49. The van der Waals surface area contributed by atoms with Crippen LogP contribution in [0.3, 0.4) is 0 Å². The van der Waals surface area contributed by atoms with Crippen LogP contribution in [0.15, 0.2) is 30.3 Å². The van der Waals surface area contributed by atoms with E-state index < -0.39 is 0 Å². The minimum Gasteiger partial charge on any atom is -0.351 e. The van der Waals surface area contributed by atoms with Crippen LogP contribution in [0.25, 0.3) is 21.0 Å². The Morgan fingerprint density at radius 1 is 1.19 bits per heavy atom. The van der Waals surface area contributed by atoms with Crippen LogP contribution >= 0.6 is 22.9 Å². The minimum atomic E-state index is -0.0343. The summed E-state index contributed by atoms with van der Waals surface area (Å²) in [5.41, 5.74) is 0.857. The Balaban J connectivity index is 1.64. The lowest BCUT2D eigenvalue weighted by Crippen LogP contribution is -2.30. The molecule has 1 N–H and O–H groups in total. The van der Waals surface area contributed by atoms with Crippen molar-refractivity contribution in [1.29, 1.82) is 0 Å². The number of carbonyl (C=O) groups excluding carboxylic acids is 1. The number of unbranched alkanes of at least 4 members (excludes halogenated alkanes) is 1. The Kier molecular flexibility index (Phi) is 7.05. The molecule has 6 heteroatoms. The maximum atomic E-state index is 12.6. The summed E-state index contributed by atoms with van der Waals surface area (Å²) >= 11 is 7.81. The van der Waals surface area contributed by atoms with E-state index in [2.05, 4.69) is 29.0 Å². The van der Waals surface area contributed by atoms with Crippen molar-refractivity contribution in [2.24, 2.45) is 0 Å². The molecule has 0 bridgehead atoms. The monoisotopic (exact) mass is 403 g/mol. The zero-order valence-electron chi connectivity index (χ0n) is 15.9. The summed E-state index contributed by atoms with van der Waals surface area (Å²) in [6.07, 6.45) is 3.40. The van der Waals surface area contributed by atoms with Crippen LogP contribution in [0.4, 0.5) is 0 Å². The van der Waals surface area contributed by atoms with Gasteiger partial charge in [0, 0.05) is 22.0 Å². The molecular formula is C21H26ClN3OS. The van der Waals surface area contributed by atoms with E-state index in [0.29, 0.717) is 16.6 Å². The number of fused-ring (bicyclic) bond motifs is 3. The molecule has 0 spiro atoms. The zero-order valence-corrected chi connectivity index (χ0v) is 17.5. The van der Waals surface area contributed by atoms with Gasteiger partial charge in [-0.05, 0) is 44.6 Å². The van der Waals surface area contributed by atoms with Crippen LogP contribution in [0, 0.1) is 0 Å². The van der Waals surface area contributed by atoms with E-state index in [1.807, 2.05) is 30.3 Å². The molecule has 4 nitrogen and oxygen atoms in total. The average Bonchev–Trinajstić information content (AvgIpc) is 3.14. The maximum Gasteiger partial charge on any atom is 0.261 e. The van der Waals surface area contributed by atoms with Gasteiger partial charge in [-0.1, -0.05) is 50.1 Å². The molecule has 1 aromatic carbocycles. The number of nitrogens with one attached hydrogen (secondary N) is 1. The normalized spacial score (nSPS) is 11.6. The third-order valence-electron chi connectivity index (χ3n) is 4.76. The minimum absolute atomic E-state index is 0.0343. The van der Waals surface area contributed by atoms with Crippen LogP contribution in [-0.4, -0.2) is 42.0 Å². The summed E-state index contributed by atoms with van der Waals surface area (Å²) in [5, 5.41) is 5.38. The van der Waals surface area contributed by atoms with E-state index in [4.69, 9.17) is 11.6 Å². The van der Waals surface area contributed by atoms with Crippen molar-refractivity contribution < 1.29 is 4.79 Å². The van der Waals surface area contributed by atoms with Crippen LogP contribution in [0.1, 0.15) is 42.8 Å². The summed E-state index contributed by atoms with van der Waals surface area (Å²) in [6, 6.07) is 9.75. The summed E-state index contributed by atoms with van der Waals surface area (Å²) in [4.78, 5) is 20.1. The smallest absolute Gasteiger partial charge is 0.261 e. The van der Waals surface area contributed by atoms with Crippen molar-refractivity contribution >= 4 is 49.8 Å². The molecule has 0 aliphatic heterocycles. The van der Waals surface area contributed by atoms with Gasteiger partial charge >= 0.3 is 0 Å². The predicted molar refractivity (Wildman–Crippen MR) is 116 cm³/mol. The number of carbonyl (C=O) groups is 1. The first-order chi connectivity index (χ1) is 13.1. The first-order valence-corrected chi connectivity index (χ1v) is 10.8. The number of thiophene rings is 1. The van der Waals surface area contributed by atoms with Crippen molar-refractivity contribution in [2.75, 3.05) is 26.2 Å². The maximum absolute atomic E-state index is 12.6. The first-order valence-electron chi connectivity index (χ1n) is 9.62. The van der Waals surface area contributed by atoms with Crippen molar-refractivity contribution in [3.63, 3.8) is 0 Å². The van der Waals surface area contributed by atoms with Crippen molar-refractivity contribution in [2.45, 2.75) is 33.1 Å². The zero-order chi connectivity index (χ0) is 19.2. The highest BCUT2D eigenvalue weighted by molar-refractivity contribution is 7.21. The van der Waals surface area contributed by atoms with Crippen molar-refractivity contribution in [1.82, 2.24) is 15.2 Å². The lowest BCUT2D eigenvalue weighted by molar-refractivity contribution is 0.0956. The fourth-order valence-electron chi connectivity index (χ4n) is 3.19. The molecule has 3 rings (SSSR count). The summed E-state index contributed by atoms with van der Waals surface area (Å²) < 4.78 is 1.02. The van der Waals surface area contributed by atoms with E-state index in [9.17, 15) is 4.79 Å². The SMILES string of the molecule is CCCCN(CC)CCCNC(=O)c1cc2c(Cl)nc3ccccc3c2s1. The van der Waals surface area contributed by atoms with E-state index in [-0.39, 0.29) is 5.91 Å². The summed E-state index contributed by atoms with van der Waals surface area (Å²) in [7, 11) is 0. The number of nitrogens with zero attached hydrogens (tertiary/aromatic N) is 2. The van der Waals surface area contributed by atoms with Gasteiger partial charge in [0.25, 0.3) is 5.91 Å². The van der Waals surface area contributed by atoms with Gasteiger partial charge in [-0.3, -0.25) is 4.79 Å². The molecular weight excluding hydrogens is 378 g/mol. The Bertz CT molecular complexity index is 924. The fourth-order valence-corrected chi connectivity index (χ4v) is 4.59. The number of aromatic nitrogens is 1. The number of rotatable bonds is 9. The van der Waals surface area contributed by atoms with Crippen LogP contribution in [0.2, 0.25) is 5.15 Å². The number of para-hydroxylation sites is 1.